The van der Waals surface area contributed by atoms with Gasteiger partial charge in [-0.1, -0.05) is 23.2 Å². The van der Waals surface area contributed by atoms with Crippen molar-refractivity contribution in [1.29, 1.82) is 0 Å². The Labute approximate surface area is 124 Å². The van der Waals surface area contributed by atoms with E-state index in [4.69, 9.17) is 39.2 Å². The number of amides is 2. The molecular formula is C7H8Cl2N4O5S2. The van der Waals surface area contributed by atoms with Gasteiger partial charge in [0.2, 0.25) is 20.0 Å². The second-order valence-corrected chi connectivity index (χ2v) is 7.27. The summed E-state index contributed by atoms with van der Waals surface area (Å²) in [4.78, 5) is 9.27. The maximum atomic E-state index is 11.4. The molecular weight excluding hydrogens is 355 g/mol. The zero-order chi connectivity index (χ0) is 15.9. The SMILES string of the molecule is NC(=O)Nc1c(S(N)(=O)=O)cc(S(N)(=O)=O)c(Cl)c1Cl. The van der Waals surface area contributed by atoms with E-state index in [-0.39, 0.29) is 0 Å². The van der Waals surface area contributed by atoms with Gasteiger partial charge in [0.1, 0.15) is 9.79 Å². The number of primary sulfonamides is 2. The fraction of sp³-hybridized carbons (Fsp3) is 0. The van der Waals surface area contributed by atoms with E-state index in [9.17, 15) is 21.6 Å². The van der Waals surface area contributed by atoms with Crippen molar-refractivity contribution in [3.8, 4) is 0 Å². The second-order valence-electron chi connectivity index (χ2n) is 3.46. The Hall–Kier alpha value is -1.11. The Kier molecular flexibility index (Phi) is 4.53. The molecule has 2 amide bonds. The number of halogens is 2. The third kappa shape index (κ3) is 3.50. The molecule has 1 aromatic carbocycles. The number of nitrogens with one attached hydrogen (secondary N) is 1. The lowest BCUT2D eigenvalue weighted by Crippen LogP contribution is -2.24. The highest BCUT2D eigenvalue weighted by Gasteiger charge is 2.27. The van der Waals surface area contributed by atoms with Crippen molar-refractivity contribution in [3.63, 3.8) is 0 Å². The molecule has 0 fully saturated rings. The van der Waals surface area contributed by atoms with Crippen LogP contribution in [-0.2, 0) is 20.0 Å². The zero-order valence-electron chi connectivity index (χ0n) is 9.42. The van der Waals surface area contributed by atoms with Crippen LogP contribution in [0.5, 0.6) is 0 Å². The summed E-state index contributed by atoms with van der Waals surface area (Å²) in [6, 6.07) is -0.583. The molecule has 9 nitrogen and oxygen atoms in total. The predicted molar refractivity (Wildman–Crippen MR) is 72.4 cm³/mol. The third-order valence-corrected chi connectivity index (χ3v) is 4.85. The van der Waals surface area contributed by atoms with E-state index in [0.717, 1.165) is 0 Å². The number of sulfonamides is 2. The summed E-state index contributed by atoms with van der Waals surface area (Å²) < 4.78 is 45.5. The smallest absolute Gasteiger partial charge is 0.316 e. The topological polar surface area (TPSA) is 175 Å². The number of hydrogen-bond donors (Lipinski definition) is 4. The average Bonchev–Trinajstić information content (AvgIpc) is 2.20. The molecule has 20 heavy (non-hydrogen) atoms. The third-order valence-electron chi connectivity index (χ3n) is 2.00. The Morgan fingerprint density at radius 3 is 1.80 bits per heavy atom. The van der Waals surface area contributed by atoms with E-state index in [2.05, 4.69) is 0 Å². The van der Waals surface area contributed by atoms with Crippen molar-refractivity contribution in [2.75, 3.05) is 5.32 Å². The lowest BCUT2D eigenvalue weighted by atomic mass is 10.3. The molecule has 1 aromatic rings. The largest absolute Gasteiger partial charge is 0.351 e. The van der Waals surface area contributed by atoms with Crippen LogP contribution in [0.3, 0.4) is 0 Å². The van der Waals surface area contributed by atoms with E-state index in [1.807, 2.05) is 5.32 Å². The van der Waals surface area contributed by atoms with Crippen LogP contribution in [0.4, 0.5) is 10.5 Å². The fourth-order valence-electron chi connectivity index (χ4n) is 1.25. The van der Waals surface area contributed by atoms with E-state index in [0.29, 0.717) is 6.07 Å². The first-order valence-electron chi connectivity index (χ1n) is 4.49. The van der Waals surface area contributed by atoms with Crippen molar-refractivity contribution in [2.45, 2.75) is 9.79 Å². The number of anilines is 1. The minimum atomic E-state index is -4.43. The summed E-state index contributed by atoms with van der Waals surface area (Å²) in [5.41, 5.74) is 4.31. The summed E-state index contributed by atoms with van der Waals surface area (Å²) in [6.45, 7) is 0. The van der Waals surface area contributed by atoms with Gasteiger partial charge < -0.3 is 11.1 Å². The minimum Gasteiger partial charge on any atom is -0.351 e. The Morgan fingerprint density at radius 2 is 1.45 bits per heavy atom. The Balaban J connectivity index is 3.88. The number of carbonyl (C=O) groups excluding carboxylic acids is 1. The molecule has 0 spiro atoms. The van der Waals surface area contributed by atoms with E-state index >= 15 is 0 Å². The van der Waals surface area contributed by atoms with Crippen LogP contribution in [0, 0.1) is 0 Å². The van der Waals surface area contributed by atoms with Gasteiger partial charge in [-0.15, -0.1) is 0 Å². The Bertz CT molecular complexity index is 790. The number of urea groups is 1. The van der Waals surface area contributed by atoms with Gasteiger partial charge in [-0.2, -0.15) is 0 Å². The normalized spacial score (nSPS) is 12.2. The number of hydrogen-bond acceptors (Lipinski definition) is 5. The van der Waals surface area contributed by atoms with Crippen LogP contribution < -0.4 is 21.3 Å². The maximum absolute atomic E-state index is 11.4. The van der Waals surface area contributed by atoms with Crippen LogP contribution in [-0.4, -0.2) is 22.9 Å². The molecule has 7 N–H and O–H groups in total. The molecule has 0 aliphatic rings. The Morgan fingerprint density at radius 1 is 1.00 bits per heavy atom. The monoisotopic (exact) mass is 362 g/mol. The van der Waals surface area contributed by atoms with Gasteiger partial charge in [0.05, 0.1) is 15.7 Å². The van der Waals surface area contributed by atoms with Gasteiger partial charge in [0, 0.05) is 0 Å². The molecule has 0 atom stereocenters. The summed E-state index contributed by atoms with van der Waals surface area (Å²) >= 11 is 11.4. The number of primary amides is 1. The number of nitrogens with two attached hydrogens (primary N) is 3. The van der Waals surface area contributed by atoms with Crippen LogP contribution in [0.15, 0.2) is 15.9 Å². The highest BCUT2D eigenvalue weighted by atomic mass is 35.5. The van der Waals surface area contributed by atoms with Crippen LogP contribution in [0.2, 0.25) is 10.0 Å². The minimum absolute atomic E-state index is 0.543. The lowest BCUT2D eigenvalue weighted by molar-refractivity contribution is 0.259. The molecule has 112 valence electrons. The van der Waals surface area contributed by atoms with Crippen molar-refractivity contribution >= 4 is 55.0 Å². The van der Waals surface area contributed by atoms with Crippen molar-refractivity contribution in [1.82, 2.24) is 0 Å². The first-order valence-corrected chi connectivity index (χ1v) is 8.34. The highest BCUT2D eigenvalue weighted by molar-refractivity contribution is 7.90. The molecule has 0 aromatic heterocycles. The molecule has 0 aliphatic heterocycles. The molecule has 13 heteroatoms. The van der Waals surface area contributed by atoms with Gasteiger partial charge in [-0.05, 0) is 6.07 Å². The standard InChI is InChI=1S/C7H8Cl2N4O5S2/c8-4-2(19(11,15)16)1-3(20(12,17)18)6(5(4)9)13-7(10)14/h1H,(H3,10,13,14)(H2,11,15,16)(H2,12,17,18). The van der Waals surface area contributed by atoms with Crippen LogP contribution in [0.25, 0.3) is 0 Å². The quantitative estimate of drug-likeness (QED) is 0.579. The molecule has 0 radical (unpaired) electrons. The summed E-state index contributed by atoms with van der Waals surface area (Å²) in [7, 11) is -8.80. The number of carbonyl (C=O) groups is 1. The zero-order valence-corrected chi connectivity index (χ0v) is 12.6. The van der Waals surface area contributed by atoms with E-state index in [1.165, 1.54) is 0 Å². The molecule has 1 rings (SSSR count). The van der Waals surface area contributed by atoms with Gasteiger partial charge >= 0.3 is 6.03 Å². The van der Waals surface area contributed by atoms with Gasteiger partial charge in [-0.25, -0.2) is 31.9 Å². The summed E-state index contributed by atoms with van der Waals surface area (Å²) in [6.07, 6.45) is 0. The van der Waals surface area contributed by atoms with E-state index in [1.54, 1.807) is 0 Å². The molecule has 0 heterocycles. The van der Waals surface area contributed by atoms with Gasteiger partial charge in [0.25, 0.3) is 0 Å². The number of benzene rings is 1. The molecule has 0 unspecified atom stereocenters. The van der Waals surface area contributed by atoms with Crippen molar-refractivity contribution in [2.24, 2.45) is 16.0 Å². The van der Waals surface area contributed by atoms with E-state index < -0.39 is 51.6 Å². The maximum Gasteiger partial charge on any atom is 0.316 e. The molecule has 0 bridgehead atoms. The molecule has 0 aliphatic carbocycles. The average molecular weight is 363 g/mol. The summed E-state index contributed by atoms with van der Waals surface area (Å²) in [5.74, 6) is 0. The van der Waals surface area contributed by atoms with Crippen LogP contribution >= 0.6 is 23.2 Å². The first-order chi connectivity index (χ1) is 8.85. The number of rotatable bonds is 3. The van der Waals surface area contributed by atoms with Gasteiger partial charge in [0.15, 0.2) is 0 Å². The van der Waals surface area contributed by atoms with Crippen molar-refractivity contribution < 1.29 is 21.6 Å². The predicted octanol–water partition coefficient (Wildman–Crippen LogP) is -0.221. The fourth-order valence-corrected chi connectivity index (χ4v) is 3.51. The first kappa shape index (κ1) is 16.9. The lowest BCUT2D eigenvalue weighted by Gasteiger charge is -2.13. The molecule has 0 saturated heterocycles. The second kappa shape index (κ2) is 5.35. The summed E-state index contributed by atoms with van der Waals surface area (Å²) in [5, 5.41) is 10.5. The highest BCUT2D eigenvalue weighted by Crippen LogP contribution is 2.39. The van der Waals surface area contributed by atoms with Gasteiger partial charge in [-0.3, -0.25) is 0 Å². The molecule has 0 saturated carbocycles. The van der Waals surface area contributed by atoms with Crippen LogP contribution in [0.1, 0.15) is 0 Å². The van der Waals surface area contributed by atoms with Crippen molar-refractivity contribution in [3.05, 3.63) is 16.1 Å².